The van der Waals surface area contributed by atoms with Crippen LogP contribution >= 0.6 is 0 Å². The second-order valence-electron chi connectivity index (χ2n) is 6.69. The van der Waals surface area contributed by atoms with Gasteiger partial charge in [0.05, 0.1) is 11.0 Å². The highest BCUT2D eigenvalue weighted by Gasteiger charge is 2.43. The van der Waals surface area contributed by atoms with Crippen LogP contribution in [0, 0.1) is 5.41 Å². The molecule has 0 aliphatic carbocycles. The highest BCUT2D eigenvalue weighted by atomic mass is 19.4. The van der Waals surface area contributed by atoms with Crippen LogP contribution in [0.2, 0.25) is 0 Å². The molecule has 126 valence electrons. The van der Waals surface area contributed by atoms with E-state index in [0.717, 1.165) is 6.07 Å². The van der Waals surface area contributed by atoms with Gasteiger partial charge in [-0.1, -0.05) is 0 Å². The maximum Gasteiger partial charge on any atom is 0.416 e. The van der Waals surface area contributed by atoms with Crippen LogP contribution in [0.15, 0.2) is 18.5 Å². The van der Waals surface area contributed by atoms with Crippen LogP contribution in [-0.2, 0) is 11.0 Å². The van der Waals surface area contributed by atoms with Crippen molar-refractivity contribution in [1.82, 2.24) is 15.2 Å². The summed E-state index contributed by atoms with van der Waals surface area (Å²) in [6, 6.07) is 1.04. The Bertz CT molecular complexity index is 590. The molecule has 23 heavy (non-hydrogen) atoms. The fourth-order valence-electron chi connectivity index (χ4n) is 3.42. The van der Waals surface area contributed by atoms with E-state index < -0.39 is 11.7 Å². The van der Waals surface area contributed by atoms with Gasteiger partial charge in [-0.25, -0.2) is 0 Å². The van der Waals surface area contributed by atoms with E-state index >= 15 is 0 Å². The van der Waals surface area contributed by atoms with Crippen molar-refractivity contribution < 1.29 is 18.0 Å². The first-order valence-corrected chi connectivity index (χ1v) is 7.82. The van der Waals surface area contributed by atoms with Crippen LogP contribution in [0.3, 0.4) is 0 Å². The number of amides is 1. The molecule has 2 fully saturated rings. The van der Waals surface area contributed by atoms with E-state index in [-0.39, 0.29) is 22.8 Å². The summed E-state index contributed by atoms with van der Waals surface area (Å²) in [5.41, 5.74) is -0.700. The highest BCUT2D eigenvalue weighted by molar-refractivity contribution is 5.84. The molecule has 4 nitrogen and oxygen atoms in total. The molecule has 2 saturated heterocycles. The Hall–Kier alpha value is -1.63. The molecule has 7 heteroatoms. The van der Waals surface area contributed by atoms with Gasteiger partial charge in [0.1, 0.15) is 0 Å². The van der Waals surface area contributed by atoms with Crippen molar-refractivity contribution in [3.63, 3.8) is 0 Å². The van der Waals surface area contributed by atoms with Gasteiger partial charge < -0.3 is 10.2 Å². The Labute approximate surface area is 133 Å². The number of rotatable bonds is 2. The number of likely N-dealkylation sites (tertiary alicyclic amines) is 1. The third-order valence-electron chi connectivity index (χ3n) is 4.93. The van der Waals surface area contributed by atoms with Crippen molar-refractivity contribution in [2.24, 2.45) is 5.41 Å². The summed E-state index contributed by atoms with van der Waals surface area (Å²) in [4.78, 5) is 18.1. The quantitative estimate of drug-likeness (QED) is 0.907. The molecule has 0 unspecified atom stereocenters. The Morgan fingerprint density at radius 3 is 2.52 bits per heavy atom. The monoisotopic (exact) mass is 327 g/mol. The van der Waals surface area contributed by atoms with Gasteiger partial charge in [0.15, 0.2) is 0 Å². The molecule has 0 radical (unpaired) electrons. The van der Waals surface area contributed by atoms with Gasteiger partial charge in [-0.15, -0.1) is 0 Å². The minimum Gasteiger partial charge on any atom is -0.342 e. The maximum atomic E-state index is 13.1. The molecule has 0 saturated carbocycles. The van der Waals surface area contributed by atoms with E-state index in [1.165, 1.54) is 12.4 Å². The summed E-state index contributed by atoms with van der Waals surface area (Å²) in [5.74, 6) is -0.0892. The molecular weight excluding hydrogens is 307 g/mol. The number of halogens is 3. The van der Waals surface area contributed by atoms with E-state index in [2.05, 4.69) is 10.3 Å². The molecule has 1 N–H and O–H groups in total. The van der Waals surface area contributed by atoms with Crippen molar-refractivity contribution in [2.45, 2.75) is 31.9 Å². The Kier molecular flexibility index (Phi) is 4.08. The number of nitrogens with zero attached hydrogens (tertiary/aromatic N) is 2. The number of nitrogens with one attached hydrogen (secondary N) is 1. The minimum atomic E-state index is -4.36. The topological polar surface area (TPSA) is 45.2 Å². The van der Waals surface area contributed by atoms with Crippen molar-refractivity contribution in [3.8, 4) is 0 Å². The van der Waals surface area contributed by atoms with Crippen LogP contribution in [0.5, 0.6) is 0 Å². The molecule has 3 rings (SSSR count). The maximum absolute atomic E-state index is 13.1. The summed E-state index contributed by atoms with van der Waals surface area (Å²) < 4.78 is 39.4. The Morgan fingerprint density at radius 1 is 1.35 bits per heavy atom. The van der Waals surface area contributed by atoms with Gasteiger partial charge in [-0.3, -0.25) is 9.78 Å². The highest BCUT2D eigenvalue weighted by Crippen LogP contribution is 2.38. The summed E-state index contributed by atoms with van der Waals surface area (Å²) >= 11 is 0. The smallest absolute Gasteiger partial charge is 0.342 e. The van der Waals surface area contributed by atoms with E-state index in [4.69, 9.17) is 0 Å². The third kappa shape index (κ3) is 3.06. The lowest BCUT2D eigenvalue weighted by Gasteiger charge is -2.43. The molecule has 0 aromatic carbocycles. The first kappa shape index (κ1) is 16.2. The fraction of sp³-hybridized carbons (Fsp3) is 0.625. The van der Waals surface area contributed by atoms with Crippen LogP contribution in [0.1, 0.15) is 36.8 Å². The first-order chi connectivity index (χ1) is 10.8. The lowest BCUT2D eigenvalue weighted by molar-refractivity contribution is -0.145. The molecule has 0 atom stereocenters. The van der Waals surface area contributed by atoms with Gasteiger partial charge in [0.2, 0.25) is 5.91 Å². The number of hydrogen-bond donors (Lipinski definition) is 1. The molecule has 0 bridgehead atoms. The van der Waals surface area contributed by atoms with Gasteiger partial charge in [-0.05, 0) is 37.3 Å². The summed E-state index contributed by atoms with van der Waals surface area (Å²) in [7, 11) is 0. The van der Waals surface area contributed by atoms with Gasteiger partial charge in [0.25, 0.3) is 0 Å². The number of piperidine rings is 1. The van der Waals surface area contributed by atoms with Crippen molar-refractivity contribution in [3.05, 3.63) is 29.6 Å². The van der Waals surface area contributed by atoms with Crippen LogP contribution in [0.4, 0.5) is 13.2 Å². The molecule has 3 heterocycles. The lowest BCUT2D eigenvalue weighted by Crippen LogP contribution is -2.61. The fourth-order valence-corrected chi connectivity index (χ4v) is 3.42. The number of aromatic nitrogens is 1. The van der Waals surface area contributed by atoms with Crippen molar-refractivity contribution in [2.75, 3.05) is 26.2 Å². The summed E-state index contributed by atoms with van der Waals surface area (Å²) in [6.45, 7) is 4.29. The lowest BCUT2D eigenvalue weighted by atomic mass is 9.81. The molecule has 1 aromatic rings. The number of carbonyl (C=O) groups excluding carboxylic acids is 1. The van der Waals surface area contributed by atoms with Crippen molar-refractivity contribution >= 4 is 5.91 Å². The minimum absolute atomic E-state index is 0.108. The summed E-state index contributed by atoms with van der Waals surface area (Å²) in [6.07, 6.45) is -0.776. The number of alkyl halides is 3. The van der Waals surface area contributed by atoms with Crippen LogP contribution in [-0.4, -0.2) is 42.0 Å². The average molecular weight is 327 g/mol. The van der Waals surface area contributed by atoms with E-state index in [0.29, 0.717) is 39.0 Å². The molecule has 2 aliphatic heterocycles. The predicted molar refractivity (Wildman–Crippen MR) is 78.8 cm³/mol. The molecule has 1 amide bonds. The molecule has 0 spiro atoms. The van der Waals surface area contributed by atoms with Gasteiger partial charge >= 0.3 is 6.18 Å². The molecule has 1 aromatic heterocycles. The standard InChI is InChI=1S/C16H20F3N3O/c1-15(9-21-10-15)14(23)22-6-3-11(4-7-22)12-8-20-5-2-13(12)16(17,18)19/h2,5,8,11,21H,3-4,6-7,9-10H2,1H3. The van der Waals surface area contributed by atoms with Crippen molar-refractivity contribution in [1.29, 1.82) is 0 Å². The zero-order valence-electron chi connectivity index (χ0n) is 13.0. The average Bonchev–Trinajstić information content (AvgIpc) is 2.51. The van der Waals surface area contributed by atoms with E-state index in [1.807, 2.05) is 6.92 Å². The van der Waals surface area contributed by atoms with Crippen LogP contribution < -0.4 is 5.32 Å². The summed E-state index contributed by atoms with van der Waals surface area (Å²) in [5, 5.41) is 3.10. The Balaban J connectivity index is 1.69. The van der Waals surface area contributed by atoms with Crippen LogP contribution in [0.25, 0.3) is 0 Å². The number of hydrogen-bond acceptors (Lipinski definition) is 3. The molecular formula is C16H20F3N3O. The normalized spacial score (nSPS) is 21.8. The first-order valence-electron chi connectivity index (χ1n) is 7.82. The van der Waals surface area contributed by atoms with E-state index in [9.17, 15) is 18.0 Å². The molecule has 2 aliphatic rings. The zero-order valence-corrected chi connectivity index (χ0v) is 13.0. The van der Waals surface area contributed by atoms with Gasteiger partial charge in [-0.2, -0.15) is 13.2 Å². The predicted octanol–water partition coefficient (Wildman–Crippen LogP) is 2.42. The largest absolute Gasteiger partial charge is 0.416 e. The Morgan fingerprint density at radius 2 is 2.00 bits per heavy atom. The van der Waals surface area contributed by atoms with E-state index in [1.54, 1.807) is 4.90 Å². The zero-order chi connectivity index (χ0) is 16.7. The number of pyridine rings is 1. The number of carbonyl (C=O) groups is 1. The second kappa shape index (κ2) is 5.78. The van der Waals surface area contributed by atoms with Gasteiger partial charge in [0, 0.05) is 38.6 Å². The second-order valence-corrected chi connectivity index (χ2v) is 6.69. The third-order valence-corrected chi connectivity index (χ3v) is 4.93. The SMILES string of the molecule is CC1(C(=O)N2CCC(c3cnccc3C(F)(F)F)CC2)CNC1.